The number of anilines is 1. The van der Waals surface area contributed by atoms with E-state index in [2.05, 4.69) is 31.1 Å². The molecule has 1 aromatic rings. The van der Waals surface area contributed by atoms with Crippen molar-refractivity contribution < 1.29 is 9.47 Å². The second kappa shape index (κ2) is 6.99. The van der Waals surface area contributed by atoms with Crippen LogP contribution in [0.2, 0.25) is 0 Å². The Morgan fingerprint density at radius 3 is 2.80 bits per heavy atom. The van der Waals surface area contributed by atoms with Gasteiger partial charge in [0.05, 0.1) is 18.9 Å². The molecule has 0 saturated carbocycles. The Balaban J connectivity index is 2.38. The van der Waals surface area contributed by atoms with Gasteiger partial charge in [-0.2, -0.15) is 0 Å². The van der Waals surface area contributed by atoms with Crippen LogP contribution in [0.25, 0.3) is 0 Å². The summed E-state index contributed by atoms with van der Waals surface area (Å²) in [7, 11) is 1.72. The third-order valence-electron chi connectivity index (χ3n) is 3.50. The first-order valence-electron chi connectivity index (χ1n) is 7.41. The Morgan fingerprint density at radius 1 is 1.35 bits per heavy atom. The maximum absolute atomic E-state index is 5.56. The van der Waals surface area contributed by atoms with E-state index in [4.69, 9.17) is 14.5 Å². The van der Waals surface area contributed by atoms with Gasteiger partial charge in [0.2, 0.25) is 0 Å². The zero-order chi connectivity index (χ0) is 14.5. The third-order valence-corrected chi connectivity index (χ3v) is 3.50. The number of aromatic nitrogens is 2. The number of hydrogen-bond donors (Lipinski definition) is 1. The van der Waals surface area contributed by atoms with Gasteiger partial charge in [-0.1, -0.05) is 20.8 Å². The summed E-state index contributed by atoms with van der Waals surface area (Å²) in [4.78, 5) is 9.41. The van der Waals surface area contributed by atoms with Crippen LogP contribution >= 0.6 is 0 Å². The molecule has 0 bridgehead atoms. The van der Waals surface area contributed by atoms with Gasteiger partial charge in [0.25, 0.3) is 0 Å². The standard InChI is InChI=1S/C15H25N3O2/c1-5-7-16-14-11-9-20-8-6-12(11)17-15(18-14)13(19-4)10(2)3/h10,13H,5-9H2,1-4H3,(H,16,17,18). The summed E-state index contributed by atoms with van der Waals surface area (Å²) >= 11 is 0. The molecule has 0 amide bonds. The van der Waals surface area contributed by atoms with Crippen molar-refractivity contribution in [1.82, 2.24) is 9.97 Å². The van der Waals surface area contributed by atoms with Crippen LogP contribution < -0.4 is 5.32 Å². The molecule has 0 spiro atoms. The first-order valence-corrected chi connectivity index (χ1v) is 7.41. The minimum absolute atomic E-state index is 0.0645. The third kappa shape index (κ3) is 3.27. The van der Waals surface area contributed by atoms with Gasteiger partial charge in [0.1, 0.15) is 11.9 Å². The number of rotatable bonds is 6. The zero-order valence-electron chi connectivity index (χ0n) is 12.9. The van der Waals surface area contributed by atoms with Crippen LogP contribution in [0.5, 0.6) is 0 Å². The summed E-state index contributed by atoms with van der Waals surface area (Å²) in [5.41, 5.74) is 2.20. The summed E-state index contributed by atoms with van der Waals surface area (Å²) in [5, 5.41) is 3.39. The molecular weight excluding hydrogens is 254 g/mol. The van der Waals surface area contributed by atoms with E-state index >= 15 is 0 Å². The number of nitrogens with zero attached hydrogens (tertiary/aromatic N) is 2. The molecule has 1 unspecified atom stereocenters. The van der Waals surface area contributed by atoms with E-state index in [0.29, 0.717) is 12.5 Å². The predicted octanol–water partition coefficient (Wildman–Crippen LogP) is 2.71. The first-order chi connectivity index (χ1) is 9.67. The van der Waals surface area contributed by atoms with Gasteiger partial charge in [0.15, 0.2) is 5.82 Å². The molecule has 0 fully saturated rings. The smallest absolute Gasteiger partial charge is 0.160 e. The summed E-state index contributed by atoms with van der Waals surface area (Å²) in [5.74, 6) is 2.04. The van der Waals surface area contributed by atoms with Gasteiger partial charge in [0, 0.05) is 25.6 Å². The molecule has 20 heavy (non-hydrogen) atoms. The molecule has 2 heterocycles. The van der Waals surface area contributed by atoms with Crippen LogP contribution in [-0.2, 0) is 22.5 Å². The minimum atomic E-state index is -0.0645. The highest BCUT2D eigenvalue weighted by Crippen LogP contribution is 2.28. The molecule has 1 aliphatic heterocycles. The monoisotopic (exact) mass is 279 g/mol. The lowest BCUT2D eigenvalue weighted by Crippen LogP contribution is -2.21. The minimum Gasteiger partial charge on any atom is -0.376 e. The molecule has 0 radical (unpaired) electrons. The molecule has 5 nitrogen and oxygen atoms in total. The number of hydrogen-bond acceptors (Lipinski definition) is 5. The number of methoxy groups -OCH3 is 1. The van der Waals surface area contributed by atoms with Crippen molar-refractivity contribution in [3.05, 3.63) is 17.1 Å². The largest absolute Gasteiger partial charge is 0.376 e. The topological polar surface area (TPSA) is 56.3 Å². The fourth-order valence-electron chi connectivity index (χ4n) is 2.44. The first kappa shape index (κ1) is 15.2. The van der Waals surface area contributed by atoms with E-state index in [1.165, 1.54) is 0 Å². The van der Waals surface area contributed by atoms with Crippen molar-refractivity contribution >= 4 is 5.82 Å². The molecule has 0 aliphatic carbocycles. The number of fused-ring (bicyclic) bond motifs is 1. The van der Waals surface area contributed by atoms with Crippen LogP contribution in [0, 0.1) is 5.92 Å². The molecule has 112 valence electrons. The molecule has 1 aromatic heterocycles. The van der Waals surface area contributed by atoms with Gasteiger partial charge >= 0.3 is 0 Å². The fraction of sp³-hybridized carbons (Fsp3) is 0.733. The summed E-state index contributed by atoms with van der Waals surface area (Å²) in [6.45, 7) is 8.63. The molecule has 5 heteroatoms. The molecule has 1 aliphatic rings. The molecule has 0 saturated heterocycles. The molecule has 1 atom stereocenters. The second-order valence-corrected chi connectivity index (χ2v) is 5.49. The van der Waals surface area contributed by atoms with Gasteiger partial charge in [-0.05, 0) is 12.3 Å². The summed E-state index contributed by atoms with van der Waals surface area (Å²) < 4.78 is 11.1. The lowest BCUT2D eigenvalue weighted by Gasteiger charge is -2.24. The Labute approximate surface area is 121 Å². The Bertz CT molecular complexity index is 449. The normalized spacial score (nSPS) is 16.1. The van der Waals surface area contributed by atoms with Crippen molar-refractivity contribution in [3.63, 3.8) is 0 Å². The van der Waals surface area contributed by atoms with Crippen LogP contribution in [0.3, 0.4) is 0 Å². The van der Waals surface area contributed by atoms with E-state index in [1.807, 2.05) is 0 Å². The lowest BCUT2D eigenvalue weighted by atomic mass is 10.0. The fourth-order valence-corrected chi connectivity index (χ4v) is 2.44. The number of ether oxygens (including phenoxy) is 2. The van der Waals surface area contributed by atoms with Gasteiger partial charge in [-0.25, -0.2) is 9.97 Å². The van der Waals surface area contributed by atoms with E-state index in [1.54, 1.807) is 7.11 Å². The van der Waals surface area contributed by atoms with Crippen LogP contribution in [0.4, 0.5) is 5.82 Å². The second-order valence-electron chi connectivity index (χ2n) is 5.49. The van der Waals surface area contributed by atoms with E-state index in [-0.39, 0.29) is 6.10 Å². The van der Waals surface area contributed by atoms with Crippen molar-refractivity contribution in [3.8, 4) is 0 Å². The van der Waals surface area contributed by atoms with E-state index in [9.17, 15) is 0 Å². The predicted molar refractivity (Wildman–Crippen MR) is 78.8 cm³/mol. The van der Waals surface area contributed by atoms with Gasteiger partial charge < -0.3 is 14.8 Å². The lowest BCUT2D eigenvalue weighted by molar-refractivity contribution is 0.0564. The van der Waals surface area contributed by atoms with Crippen molar-refractivity contribution in [2.45, 2.75) is 46.3 Å². The molecule has 0 aromatic carbocycles. The highest BCUT2D eigenvalue weighted by Gasteiger charge is 2.24. The Hall–Kier alpha value is -1.20. The number of nitrogens with one attached hydrogen (secondary N) is 1. The van der Waals surface area contributed by atoms with Crippen LogP contribution in [-0.4, -0.2) is 30.2 Å². The SMILES string of the molecule is CCCNc1nc(C(OC)C(C)C)nc2c1COCC2. The van der Waals surface area contributed by atoms with E-state index < -0.39 is 0 Å². The zero-order valence-corrected chi connectivity index (χ0v) is 12.9. The Kier molecular flexibility index (Phi) is 5.31. The highest BCUT2D eigenvalue weighted by atomic mass is 16.5. The van der Waals surface area contributed by atoms with Crippen LogP contribution in [0.1, 0.15) is 50.4 Å². The highest BCUT2D eigenvalue weighted by molar-refractivity contribution is 5.47. The molecular formula is C15H25N3O2. The van der Waals surface area contributed by atoms with Crippen molar-refractivity contribution in [1.29, 1.82) is 0 Å². The quantitative estimate of drug-likeness (QED) is 0.867. The summed E-state index contributed by atoms with van der Waals surface area (Å²) in [6, 6.07) is 0. The Morgan fingerprint density at radius 2 is 2.15 bits per heavy atom. The van der Waals surface area contributed by atoms with Crippen molar-refractivity contribution in [2.75, 3.05) is 25.6 Å². The van der Waals surface area contributed by atoms with Gasteiger partial charge in [-0.3, -0.25) is 0 Å². The van der Waals surface area contributed by atoms with Gasteiger partial charge in [-0.15, -0.1) is 0 Å². The van der Waals surface area contributed by atoms with Crippen molar-refractivity contribution in [2.24, 2.45) is 5.92 Å². The maximum atomic E-state index is 5.56. The molecule has 2 rings (SSSR count). The maximum Gasteiger partial charge on any atom is 0.160 e. The average molecular weight is 279 g/mol. The molecule has 1 N–H and O–H groups in total. The van der Waals surface area contributed by atoms with Crippen LogP contribution in [0.15, 0.2) is 0 Å². The summed E-state index contributed by atoms with van der Waals surface area (Å²) in [6.07, 6.45) is 1.85. The average Bonchev–Trinajstić information content (AvgIpc) is 2.45. The van der Waals surface area contributed by atoms with E-state index in [0.717, 1.165) is 48.9 Å².